The summed E-state index contributed by atoms with van der Waals surface area (Å²) < 4.78 is 27.0. The van der Waals surface area contributed by atoms with E-state index in [1.165, 1.54) is 12.3 Å². The van der Waals surface area contributed by atoms with Crippen LogP contribution in [0.25, 0.3) is 0 Å². The van der Waals surface area contributed by atoms with Gasteiger partial charge in [0.25, 0.3) is 10.0 Å². The molecule has 8 heteroatoms. The van der Waals surface area contributed by atoms with Crippen LogP contribution in [0.5, 0.6) is 0 Å². The molecule has 2 aromatic heterocycles. The zero-order valence-electron chi connectivity index (χ0n) is 8.42. The van der Waals surface area contributed by atoms with Crippen LogP contribution >= 0.6 is 27.3 Å². The molecular weight excluding hydrogens is 326 g/mol. The van der Waals surface area contributed by atoms with E-state index in [1.54, 1.807) is 17.5 Å². The molecule has 0 bridgehead atoms. The molecule has 2 heterocycles. The fourth-order valence-corrected chi connectivity index (χ4v) is 3.70. The molecule has 0 aromatic carbocycles. The number of hydrogen-bond donors (Lipinski definition) is 2. The first-order valence-corrected chi connectivity index (χ1v) is 7.62. The molecule has 3 N–H and O–H groups in total. The van der Waals surface area contributed by atoms with Crippen LogP contribution in [0.2, 0.25) is 0 Å². The van der Waals surface area contributed by atoms with Gasteiger partial charge >= 0.3 is 0 Å². The van der Waals surface area contributed by atoms with Crippen LogP contribution < -0.4 is 10.5 Å². The standard InChI is InChI=1S/C9H8BrN3O2S2/c10-7-2-1-3-12-9(7)13-17(14,15)8-4-6(11)5-16-8/h1-5H,11H2,(H,12,13). The van der Waals surface area contributed by atoms with E-state index in [-0.39, 0.29) is 10.0 Å². The van der Waals surface area contributed by atoms with Crippen LogP contribution in [-0.2, 0) is 10.0 Å². The fourth-order valence-electron chi connectivity index (χ4n) is 1.11. The van der Waals surface area contributed by atoms with Crippen molar-refractivity contribution in [2.45, 2.75) is 4.21 Å². The van der Waals surface area contributed by atoms with Crippen LogP contribution in [-0.4, -0.2) is 13.4 Å². The number of nitrogens with zero attached hydrogens (tertiary/aromatic N) is 1. The van der Waals surface area contributed by atoms with Crippen molar-refractivity contribution in [2.24, 2.45) is 0 Å². The van der Waals surface area contributed by atoms with E-state index in [0.717, 1.165) is 11.3 Å². The number of thiophene rings is 1. The third-order valence-corrected chi connectivity index (χ3v) is 5.29. The Morgan fingerprint density at radius 3 is 2.82 bits per heavy atom. The number of rotatable bonds is 3. The molecule has 0 saturated carbocycles. The molecule has 0 aliphatic carbocycles. The van der Waals surface area contributed by atoms with E-state index >= 15 is 0 Å². The third-order valence-electron chi connectivity index (χ3n) is 1.85. The summed E-state index contributed by atoms with van der Waals surface area (Å²) in [4.78, 5) is 3.93. The van der Waals surface area contributed by atoms with E-state index in [2.05, 4.69) is 25.6 Å². The largest absolute Gasteiger partial charge is 0.398 e. The van der Waals surface area contributed by atoms with E-state index < -0.39 is 10.0 Å². The number of pyridine rings is 1. The molecule has 17 heavy (non-hydrogen) atoms. The Bertz CT molecular complexity index is 639. The van der Waals surface area contributed by atoms with Gasteiger partial charge in [-0.2, -0.15) is 0 Å². The van der Waals surface area contributed by atoms with Gasteiger partial charge in [-0.3, -0.25) is 4.72 Å². The summed E-state index contributed by atoms with van der Waals surface area (Å²) >= 11 is 4.28. The van der Waals surface area contributed by atoms with Gasteiger partial charge in [0.2, 0.25) is 0 Å². The third kappa shape index (κ3) is 2.76. The molecule has 0 spiro atoms. The van der Waals surface area contributed by atoms with Crippen molar-refractivity contribution in [2.75, 3.05) is 10.5 Å². The average molecular weight is 334 g/mol. The van der Waals surface area contributed by atoms with Crippen molar-refractivity contribution >= 4 is 48.8 Å². The first-order chi connectivity index (χ1) is 7.99. The summed E-state index contributed by atoms with van der Waals surface area (Å²) in [5, 5.41) is 1.57. The molecule has 0 amide bonds. The number of nitrogens with one attached hydrogen (secondary N) is 1. The molecule has 0 aliphatic rings. The predicted octanol–water partition coefficient (Wildman–Crippen LogP) is 2.29. The molecule has 0 radical (unpaired) electrons. The summed E-state index contributed by atoms with van der Waals surface area (Å²) in [7, 11) is -3.62. The van der Waals surface area contributed by atoms with Gasteiger partial charge in [0.1, 0.15) is 4.21 Å². The van der Waals surface area contributed by atoms with E-state index in [1.807, 2.05) is 0 Å². The van der Waals surface area contributed by atoms with Gasteiger partial charge in [-0.05, 0) is 34.1 Å². The van der Waals surface area contributed by atoms with Crippen LogP contribution in [0.15, 0.2) is 38.5 Å². The van der Waals surface area contributed by atoms with Crippen molar-refractivity contribution < 1.29 is 8.42 Å². The first-order valence-electron chi connectivity index (χ1n) is 4.46. The Balaban J connectivity index is 2.33. The lowest BCUT2D eigenvalue weighted by Gasteiger charge is -2.06. The van der Waals surface area contributed by atoms with E-state index in [9.17, 15) is 8.42 Å². The molecule has 0 aliphatic heterocycles. The molecule has 2 aromatic rings. The minimum absolute atomic E-state index is 0.160. The monoisotopic (exact) mass is 333 g/mol. The lowest BCUT2D eigenvalue weighted by atomic mass is 10.5. The highest BCUT2D eigenvalue weighted by Crippen LogP contribution is 2.26. The van der Waals surface area contributed by atoms with Crippen molar-refractivity contribution in [3.63, 3.8) is 0 Å². The topological polar surface area (TPSA) is 85.1 Å². The Morgan fingerprint density at radius 1 is 1.47 bits per heavy atom. The zero-order valence-corrected chi connectivity index (χ0v) is 11.6. The normalized spacial score (nSPS) is 11.4. The quantitative estimate of drug-likeness (QED) is 0.902. The highest BCUT2D eigenvalue weighted by atomic mass is 79.9. The van der Waals surface area contributed by atoms with Gasteiger partial charge in [-0.25, -0.2) is 13.4 Å². The number of nitrogens with two attached hydrogens (primary N) is 1. The molecule has 0 atom stereocenters. The summed E-state index contributed by atoms with van der Waals surface area (Å²) in [6, 6.07) is 4.81. The Morgan fingerprint density at radius 2 is 2.24 bits per heavy atom. The maximum absolute atomic E-state index is 12.0. The van der Waals surface area contributed by atoms with Gasteiger partial charge in [-0.1, -0.05) is 0 Å². The number of nitrogen functional groups attached to an aromatic ring is 1. The summed E-state index contributed by atoms with van der Waals surface area (Å²) in [6.07, 6.45) is 1.51. The summed E-state index contributed by atoms with van der Waals surface area (Å²) in [5.74, 6) is 0.250. The summed E-state index contributed by atoms with van der Waals surface area (Å²) in [6.45, 7) is 0. The van der Waals surface area contributed by atoms with Crippen LogP contribution in [0.4, 0.5) is 11.5 Å². The van der Waals surface area contributed by atoms with Gasteiger partial charge in [0.05, 0.1) is 4.47 Å². The summed E-state index contributed by atoms with van der Waals surface area (Å²) in [5.41, 5.74) is 5.92. The van der Waals surface area contributed by atoms with Gasteiger partial charge in [0, 0.05) is 17.3 Å². The molecule has 0 unspecified atom stereocenters. The van der Waals surface area contributed by atoms with Crippen LogP contribution in [0, 0.1) is 0 Å². The first kappa shape index (κ1) is 12.3. The molecule has 2 rings (SSSR count). The molecular formula is C9H8BrN3O2S2. The van der Waals surface area contributed by atoms with Crippen LogP contribution in [0.3, 0.4) is 0 Å². The van der Waals surface area contributed by atoms with Crippen LogP contribution in [0.1, 0.15) is 0 Å². The van der Waals surface area contributed by atoms with Crippen molar-refractivity contribution in [1.82, 2.24) is 4.98 Å². The lowest BCUT2D eigenvalue weighted by molar-refractivity contribution is 0.603. The zero-order chi connectivity index (χ0) is 12.5. The maximum Gasteiger partial charge on any atom is 0.272 e. The van der Waals surface area contributed by atoms with Crippen molar-refractivity contribution in [1.29, 1.82) is 0 Å². The fraction of sp³-hybridized carbons (Fsp3) is 0. The van der Waals surface area contributed by atoms with E-state index in [0.29, 0.717) is 10.2 Å². The van der Waals surface area contributed by atoms with Gasteiger partial charge in [-0.15, -0.1) is 11.3 Å². The SMILES string of the molecule is Nc1csc(S(=O)(=O)Nc2ncccc2Br)c1. The maximum atomic E-state index is 12.0. The minimum Gasteiger partial charge on any atom is -0.398 e. The number of halogens is 1. The number of aromatic nitrogens is 1. The van der Waals surface area contributed by atoms with Gasteiger partial charge < -0.3 is 5.73 Å². The molecule has 5 nitrogen and oxygen atoms in total. The Hall–Kier alpha value is -1.12. The molecule has 0 saturated heterocycles. The second kappa shape index (κ2) is 4.63. The van der Waals surface area contributed by atoms with Crippen molar-refractivity contribution in [3.8, 4) is 0 Å². The predicted molar refractivity (Wildman–Crippen MR) is 71.5 cm³/mol. The average Bonchev–Trinajstić information content (AvgIpc) is 2.69. The highest BCUT2D eigenvalue weighted by molar-refractivity contribution is 9.10. The molecule has 0 fully saturated rings. The Kier molecular flexibility index (Phi) is 3.36. The second-order valence-electron chi connectivity index (χ2n) is 3.14. The van der Waals surface area contributed by atoms with Crippen molar-refractivity contribution in [3.05, 3.63) is 34.2 Å². The number of hydrogen-bond acceptors (Lipinski definition) is 5. The smallest absolute Gasteiger partial charge is 0.272 e. The number of sulfonamides is 1. The van der Waals surface area contributed by atoms with Gasteiger partial charge in [0.15, 0.2) is 5.82 Å². The number of anilines is 2. The highest BCUT2D eigenvalue weighted by Gasteiger charge is 2.18. The lowest BCUT2D eigenvalue weighted by Crippen LogP contribution is -2.12. The second-order valence-corrected chi connectivity index (χ2v) is 6.81. The van der Waals surface area contributed by atoms with E-state index in [4.69, 9.17) is 5.73 Å². The molecule has 90 valence electrons. The minimum atomic E-state index is -3.62. The Labute approximate surface area is 111 Å².